The Morgan fingerprint density at radius 2 is 1.77 bits per heavy atom. The molecule has 0 saturated carbocycles. The number of thioether (sulfide) groups is 1. The van der Waals surface area contributed by atoms with Crippen molar-refractivity contribution in [2.75, 3.05) is 12.3 Å². The molecule has 116 valence electrons. The van der Waals surface area contributed by atoms with Crippen molar-refractivity contribution in [3.8, 4) is 0 Å². The molecule has 2 aromatic rings. The Hall–Kier alpha value is -1.30. The summed E-state index contributed by atoms with van der Waals surface area (Å²) in [5, 5.41) is 0. The molecule has 1 aliphatic heterocycles. The first-order valence-electron chi connectivity index (χ1n) is 7.35. The second-order valence-corrected chi connectivity index (χ2v) is 8.54. The van der Waals surface area contributed by atoms with Gasteiger partial charge in [-0.2, -0.15) is 4.31 Å². The van der Waals surface area contributed by atoms with E-state index in [1.54, 1.807) is 16.4 Å². The summed E-state index contributed by atoms with van der Waals surface area (Å²) in [6, 6.07) is 15.2. The molecule has 0 N–H and O–H groups in total. The summed E-state index contributed by atoms with van der Waals surface area (Å²) >= 11 is 1.81. The SMILES string of the molecule is Cc1ccc(S(=O)(=O)N2CCCSc3ccccc3C2)cc1. The van der Waals surface area contributed by atoms with Crippen LogP contribution in [0.15, 0.2) is 58.3 Å². The van der Waals surface area contributed by atoms with E-state index in [0.717, 1.165) is 23.3 Å². The van der Waals surface area contributed by atoms with Gasteiger partial charge in [0, 0.05) is 18.0 Å². The molecule has 0 unspecified atom stereocenters. The zero-order chi connectivity index (χ0) is 15.6. The first kappa shape index (κ1) is 15.6. The van der Waals surface area contributed by atoms with Gasteiger partial charge in [0.15, 0.2) is 0 Å². The van der Waals surface area contributed by atoms with Crippen molar-refractivity contribution in [1.29, 1.82) is 0 Å². The van der Waals surface area contributed by atoms with E-state index in [-0.39, 0.29) is 0 Å². The minimum atomic E-state index is -3.44. The van der Waals surface area contributed by atoms with Gasteiger partial charge >= 0.3 is 0 Å². The highest BCUT2D eigenvalue weighted by Gasteiger charge is 2.26. The number of sulfonamides is 1. The third-order valence-corrected chi connectivity index (χ3v) is 6.85. The van der Waals surface area contributed by atoms with E-state index in [1.807, 2.05) is 49.0 Å². The second kappa shape index (κ2) is 6.44. The summed E-state index contributed by atoms with van der Waals surface area (Å²) in [7, 11) is -3.44. The van der Waals surface area contributed by atoms with Gasteiger partial charge in [0.1, 0.15) is 0 Å². The van der Waals surface area contributed by atoms with Crippen LogP contribution in [0.3, 0.4) is 0 Å². The summed E-state index contributed by atoms with van der Waals surface area (Å²) in [5.74, 6) is 0.941. The fraction of sp³-hybridized carbons (Fsp3) is 0.294. The number of rotatable bonds is 2. The average molecular weight is 333 g/mol. The van der Waals surface area contributed by atoms with Gasteiger partial charge in [0.05, 0.1) is 4.90 Å². The Bertz CT molecular complexity index is 754. The molecule has 1 heterocycles. The molecule has 3 rings (SSSR count). The van der Waals surface area contributed by atoms with Gasteiger partial charge in [-0.25, -0.2) is 8.42 Å². The molecule has 0 spiro atoms. The molecule has 3 nitrogen and oxygen atoms in total. The lowest BCUT2D eigenvalue weighted by molar-refractivity contribution is 0.402. The van der Waals surface area contributed by atoms with E-state index in [4.69, 9.17) is 0 Å². The van der Waals surface area contributed by atoms with Crippen LogP contribution in [0.5, 0.6) is 0 Å². The molecule has 0 aliphatic carbocycles. The Morgan fingerprint density at radius 1 is 1.05 bits per heavy atom. The maximum Gasteiger partial charge on any atom is 0.243 e. The van der Waals surface area contributed by atoms with Crippen molar-refractivity contribution in [2.24, 2.45) is 0 Å². The molecule has 0 atom stereocenters. The summed E-state index contributed by atoms with van der Waals surface area (Å²) < 4.78 is 27.4. The first-order valence-corrected chi connectivity index (χ1v) is 9.77. The van der Waals surface area contributed by atoms with Crippen molar-refractivity contribution in [1.82, 2.24) is 4.31 Å². The topological polar surface area (TPSA) is 37.4 Å². The van der Waals surface area contributed by atoms with Gasteiger partial charge in [-0.3, -0.25) is 0 Å². The highest BCUT2D eigenvalue weighted by molar-refractivity contribution is 7.99. The number of aryl methyl sites for hydroxylation is 1. The molecule has 0 bridgehead atoms. The van der Waals surface area contributed by atoms with Crippen LogP contribution in [0.25, 0.3) is 0 Å². The average Bonchev–Trinajstić information content (AvgIpc) is 2.48. The highest BCUT2D eigenvalue weighted by Crippen LogP contribution is 2.29. The molecule has 2 aromatic carbocycles. The largest absolute Gasteiger partial charge is 0.243 e. The van der Waals surface area contributed by atoms with Crippen LogP contribution < -0.4 is 0 Å². The molecule has 1 aliphatic rings. The van der Waals surface area contributed by atoms with Gasteiger partial charge in [-0.15, -0.1) is 11.8 Å². The van der Waals surface area contributed by atoms with Gasteiger partial charge in [0.25, 0.3) is 0 Å². The molecule has 0 aromatic heterocycles. The van der Waals surface area contributed by atoms with Crippen LogP contribution in [-0.4, -0.2) is 25.0 Å². The number of nitrogens with zero attached hydrogens (tertiary/aromatic N) is 1. The van der Waals surface area contributed by atoms with Crippen molar-refractivity contribution in [3.63, 3.8) is 0 Å². The maximum atomic E-state index is 12.9. The Balaban J connectivity index is 1.95. The predicted molar refractivity (Wildman–Crippen MR) is 90.6 cm³/mol. The summed E-state index contributed by atoms with van der Waals surface area (Å²) in [6.45, 7) is 2.97. The minimum Gasteiger partial charge on any atom is -0.207 e. The van der Waals surface area contributed by atoms with Gasteiger partial charge < -0.3 is 0 Å². The normalized spacial score (nSPS) is 16.6. The quantitative estimate of drug-likeness (QED) is 0.841. The van der Waals surface area contributed by atoms with E-state index in [0.29, 0.717) is 18.0 Å². The maximum absolute atomic E-state index is 12.9. The lowest BCUT2D eigenvalue weighted by atomic mass is 10.2. The monoisotopic (exact) mass is 333 g/mol. The van der Waals surface area contributed by atoms with E-state index < -0.39 is 10.0 Å². The summed E-state index contributed by atoms with van der Waals surface area (Å²) in [6.07, 6.45) is 0.865. The zero-order valence-electron chi connectivity index (χ0n) is 12.5. The van der Waals surface area contributed by atoms with E-state index >= 15 is 0 Å². The third kappa shape index (κ3) is 3.21. The molecule has 0 saturated heterocycles. The molecule has 22 heavy (non-hydrogen) atoms. The Kier molecular flexibility index (Phi) is 4.57. The summed E-state index contributed by atoms with van der Waals surface area (Å²) in [5.41, 5.74) is 2.15. The van der Waals surface area contributed by atoms with Gasteiger partial charge in [-0.05, 0) is 42.9 Å². The van der Waals surface area contributed by atoms with Crippen LogP contribution in [0.2, 0.25) is 0 Å². The van der Waals surface area contributed by atoms with Crippen LogP contribution >= 0.6 is 11.8 Å². The molecular formula is C17H19NO2S2. The van der Waals surface area contributed by atoms with Crippen LogP contribution in [0.4, 0.5) is 0 Å². The van der Waals surface area contributed by atoms with E-state index in [1.165, 1.54) is 4.90 Å². The Morgan fingerprint density at radius 3 is 2.55 bits per heavy atom. The van der Waals surface area contributed by atoms with Gasteiger partial charge in [0.2, 0.25) is 10.0 Å². The number of fused-ring (bicyclic) bond motifs is 1. The highest BCUT2D eigenvalue weighted by atomic mass is 32.2. The van der Waals surface area contributed by atoms with Crippen LogP contribution in [-0.2, 0) is 16.6 Å². The smallest absolute Gasteiger partial charge is 0.207 e. The van der Waals surface area contributed by atoms with Crippen molar-refractivity contribution in [2.45, 2.75) is 29.7 Å². The molecule has 0 fully saturated rings. The third-order valence-electron chi connectivity index (χ3n) is 3.79. The lowest BCUT2D eigenvalue weighted by Gasteiger charge is -2.25. The fourth-order valence-electron chi connectivity index (χ4n) is 2.53. The molecule has 5 heteroatoms. The Labute approximate surface area is 136 Å². The second-order valence-electron chi connectivity index (χ2n) is 5.46. The number of benzene rings is 2. The van der Waals surface area contributed by atoms with Crippen molar-refractivity contribution in [3.05, 3.63) is 59.7 Å². The van der Waals surface area contributed by atoms with Crippen LogP contribution in [0.1, 0.15) is 17.5 Å². The lowest BCUT2D eigenvalue weighted by Crippen LogP contribution is -2.32. The first-order chi connectivity index (χ1) is 10.6. The molecular weight excluding hydrogens is 314 g/mol. The zero-order valence-corrected chi connectivity index (χ0v) is 14.2. The van der Waals surface area contributed by atoms with E-state index in [2.05, 4.69) is 6.07 Å². The minimum absolute atomic E-state index is 0.379. The fourth-order valence-corrected chi connectivity index (χ4v) is 4.97. The van der Waals surface area contributed by atoms with Gasteiger partial charge in [-0.1, -0.05) is 35.9 Å². The van der Waals surface area contributed by atoms with Crippen LogP contribution in [0, 0.1) is 6.92 Å². The van der Waals surface area contributed by atoms with E-state index in [9.17, 15) is 8.42 Å². The standard InChI is InChI=1S/C17H19NO2S2/c1-14-7-9-16(10-8-14)22(19,20)18-11-4-12-21-17-6-3-2-5-15(17)13-18/h2-3,5-10H,4,11-13H2,1H3. The molecule has 0 amide bonds. The van der Waals surface area contributed by atoms with Crippen molar-refractivity contribution >= 4 is 21.8 Å². The summed E-state index contributed by atoms with van der Waals surface area (Å²) in [4.78, 5) is 1.56. The number of hydrogen-bond acceptors (Lipinski definition) is 3. The predicted octanol–water partition coefficient (Wildman–Crippen LogP) is 3.68. The molecule has 0 radical (unpaired) electrons. The van der Waals surface area contributed by atoms with Crippen molar-refractivity contribution < 1.29 is 8.42 Å². The number of hydrogen-bond donors (Lipinski definition) is 0.